The van der Waals surface area contributed by atoms with Crippen LogP contribution in [-0.2, 0) is 9.53 Å². The van der Waals surface area contributed by atoms with E-state index in [0.717, 1.165) is 4.47 Å². The Kier molecular flexibility index (Phi) is 7.08. The smallest absolute Gasteiger partial charge is 0.314 e. The van der Waals surface area contributed by atoms with E-state index in [1.807, 2.05) is 13.0 Å². The van der Waals surface area contributed by atoms with Crippen LogP contribution in [0.5, 0.6) is 0 Å². The summed E-state index contributed by atoms with van der Waals surface area (Å²) in [4.78, 5) is 23.7. The number of carbonyl (C=O) groups excluding carboxylic acids is 2. The van der Waals surface area contributed by atoms with Crippen molar-refractivity contribution < 1.29 is 14.3 Å². The summed E-state index contributed by atoms with van der Waals surface area (Å²) < 4.78 is 5.80. The molecule has 0 aromatic heterocycles. The van der Waals surface area contributed by atoms with Crippen LogP contribution in [0.4, 0.5) is 0 Å². The number of benzene rings is 1. The molecule has 1 rings (SSSR count). The number of halogens is 1. The highest BCUT2D eigenvalue weighted by atomic mass is 79.9. The number of nitrogens with zero attached hydrogens (tertiary/aromatic N) is 1. The third-order valence-electron chi connectivity index (χ3n) is 2.90. The van der Waals surface area contributed by atoms with Gasteiger partial charge in [-0.15, -0.1) is 0 Å². The maximum absolute atomic E-state index is 12.0. The zero-order valence-corrected chi connectivity index (χ0v) is 13.9. The number of carbonyl (C=O) groups is 2. The third kappa shape index (κ3) is 5.30. The molecule has 0 heterocycles. The highest BCUT2D eigenvalue weighted by Crippen LogP contribution is 2.12. The second-order valence-corrected chi connectivity index (χ2v) is 5.33. The lowest BCUT2D eigenvalue weighted by Gasteiger charge is -2.13. The predicted octanol–water partition coefficient (Wildman–Crippen LogP) is 3.14. The summed E-state index contributed by atoms with van der Waals surface area (Å²) in [7, 11) is 0. The normalized spacial score (nSPS) is 12.7. The molecule has 1 amide bonds. The molecule has 1 atom stereocenters. The zero-order chi connectivity index (χ0) is 15.8. The molecule has 1 unspecified atom stereocenters. The fourth-order valence-corrected chi connectivity index (χ4v) is 2.19. The van der Waals surface area contributed by atoms with E-state index in [9.17, 15) is 9.59 Å². The number of amides is 1. The molecule has 0 aliphatic heterocycles. The van der Waals surface area contributed by atoms with E-state index in [2.05, 4.69) is 26.5 Å². The lowest BCUT2D eigenvalue weighted by molar-refractivity contribution is -0.145. The van der Waals surface area contributed by atoms with Crippen molar-refractivity contribution in [2.24, 2.45) is 11.0 Å². The van der Waals surface area contributed by atoms with Gasteiger partial charge in [-0.3, -0.25) is 9.59 Å². The van der Waals surface area contributed by atoms with Gasteiger partial charge in [0, 0.05) is 15.7 Å². The summed E-state index contributed by atoms with van der Waals surface area (Å²) in [6, 6.07) is 6.98. The van der Waals surface area contributed by atoms with Gasteiger partial charge in [0.05, 0.1) is 12.5 Å². The SMILES string of the molecule is CCOC(=O)C(CC)C(C)=NNC(=O)c1cccc(Br)c1. The van der Waals surface area contributed by atoms with Crippen LogP contribution in [0.1, 0.15) is 37.6 Å². The first kappa shape index (κ1) is 17.4. The van der Waals surface area contributed by atoms with Gasteiger partial charge in [0.2, 0.25) is 0 Å². The highest BCUT2D eigenvalue weighted by Gasteiger charge is 2.21. The van der Waals surface area contributed by atoms with Gasteiger partial charge >= 0.3 is 5.97 Å². The van der Waals surface area contributed by atoms with Crippen molar-refractivity contribution in [3.05, 3.63) is 34.3 Å². The molecule has 0 saturated carbocycles. The van der Waals surface area contributed by atoms with E-state index >= 15 is 0 Å². The Morgan fingerprint density at radius 3 is 2.67 bits per heavy atom. The number of hydrazone groups is 1. The van der Waals surface area contributed by atoms with Gasteiger partial charge in [-0.05, 0) is 38.5 Å². The summed E-state index contributed by atoms with van der Waals surface area (Å²) in [6.45, 7) is 5.65. The molecule has 1 aromatic rings. The van der Waals surface area contributed by atoms with Gasteiger partial charge in [0.25, 0.3) is 5.91 Å². The van der Waals surface area contributed by atoms with E-state index in [-0.39, 0.29) is 11.9 Å². The molecule has 0 spiro atoms. The van der Waals surface area contributed by atoms with Gasteiger partial charge in [-0.2, -0.15) is 5.10 Å². The van der Waals surface area contributed by atoms with E-state index < -0.39 is 5.92 Å². The van der Waals surface area contributed by atoms with Gasteiger partial charge < -0.3 is 4.74 Å². The summed E-state index contributed by atoms with van der Waals surface area (Å²) >= 11 is 3.30. The molecule has 0 aliphatic carbocycles. The minimum Gasteiger partial charge on any atom is -0.465 e. The van der Waals surface area contributed by atoms with Crippen molar-refractivity contribution in [1.29, 1.82) is 0 Å². The second kappa shape index (κ2) is 8.56. The van der Waals surface area contributed by atoms with Gasteiger partial charge in [0.15, 0.2) is 0 Å². The monoisotopic (exact) mass is 354 g/mol. The van der Waals surface area contributed by atoms with Crippen LogP contribution in [0.3, 0.4) is 0 Å². The Bertz CT molecular complexity index is 543. The minimum absolute atomic E-state index is 0.321. The van der Waals surface area contributed by atoms with Crippen molar-refractivity contribution in [3.63, 3.8) is 0 Å². The molecule has 0 radical (unpaired) electrons. The molecule has 21 heavy (non-hydrogen) atoms. The predicted molar refractivity (Wildman–Crippen MR) is 85.1 cm³/mol. The Balaban J connectivity index is 2.74. The first-order valence-corrected chi connectivity index (χ1v) is 7.55. The Morgan fingerprint density at radius 1 is 1.38 bits per heavy atom. The average Bonchev–Trinajstić information content (AvgIpc) is 2.45. The van der Waals surface area contributed by atoms with Crippen molar-refractivity contribution in [1.82, 2.24) is 5.43 Å². The lowest BCUT2D eigenvalue weighted by atomic mass is 10.0. The molecular weight excluding hydrogens is 336 g/mol. The summed E-state index contributed by atoms with van der Waals surface area (Å²) in [6.07, 6.45) is 0.570. The Morgan fingerprint density at radius 2 is 2.10 bits per heavy atom. The van der Waals surface area contributed by atoms with Crippen molar-refractivity contribution in [3.8, 4) is 0 Å². The minimum atomic E-state index is -0.437. The topological polar surface area (TPSA) is 67.8 Å². The summed E-state index contributed by atoms with van der Waals surface area (Å²) in [5, 5.41) is 4.01. The number of rotatable bonds is 6. The van der Waals surface area contributed by atoms with Crippen LogP contribution in [-0.4, -0.2) is 24.2 Å². The third-order valence-corrected chi connectivity index (χ3v) is 3.40. The number of nitrogens with one attached hydrogen (secondary N) is 1. The van der Waals surface area contributed by atoms with E-state index in [1.165, 1.54) is 0 Å². The molecule has 0 bridgehead atoms. The van der Waals surface area contributed by atoms with Crippen molar-refractivity contribution in [2.75, 3.05) is 6.61 Å². The lowest BCUT2D eigenvalue weighted by Crippen LogP contribution is -2.27. The second-order valence-electron chi connectivity index (χ2n) is 4.42. The van der Waals surface area contributed by atoms with E-state index in [0.29, 0.717) is 24.3 Å². The quantitative estimate of drug-likeness (QED) is 0.484. The molecule has 114 valence electrons. The van der Waals surface area contributed by atoms with Crippen LogP contribution in [0, 0.1) is 5.92 Å². The van der Waals surface area contributed by atoms with Crippen molar-refractivity contribution >= 4 is 33.5 Å². The van der Waals surface area contributed by atoms with Crippen LogP contribution >= 0.6 is 15.9 Å². The van der Waals surface area contributed by atoms with Gasteiger partial charge in [-0.1, -0.05) is 28.9 Å². The molecule has 0 aliphatic rings. The maximum atomic E-state index is 12.0. The summed E-state index contributed by atoms with van der Waals surface area (Å²) in [5.41, 5.74) is 3.48. The first-order chi connectivity index (χ1) is 9.99. The highest BCUT2D eigenvalue weighted by molar-refractivity contribution is 9.10. The number of hydrogen-bond donors (Lipinski definition) is 1. The fourth-order valence-electron chi connectivity index (χ4n) is 1.79. The molecule has 5 nitrogen and oxygen atoms in total. The molecular formula is C15H19BrN2O3. The van der Waals surface area contributed by atoms with Crippen LogP contribution < -0.4 is 5.43 Å². The molecule has 1 N–H and O–H groups in total. The van der Waals surface area contributed by atoms with Crippen LogP contribution in [0.15, 0.2) is 33.8 Å². The molecule has 0 saturated heterocycles. The first-order valence-electron chi connectivity index (χ1n) is 6.76. The van der Waals surface area contributed by atoms with Crippen LogP contribution in [0.2, 0.25) is 0 Å². The van der Waals surface area contributed by atoms with E-state index in [1.54, 1.807) is 32.0 Å². The molecule has 6 heteroatoms. The van der Waals surface area contributed by atoms with E-state index in [4.69, 9.17) is 4.74 Å². The number of hydrogen-bond acceptors (Lipinski definition) is 4. The number of ether oxygens (including phenoxy) is 1. The van der Waals surface area contributed by atoms with Gasteiger partial charge in [0.1, 0.15) is 0 Å². The zero-order valence-electron chi connectivity index (χ0n) is 12.4. The Hall–Kier alpha value is -1.69. The Labute approximate surface area is 132 Å². The maximum Gasteiger partial charge on any atom is 0.314 e. The molecule has 0 fully saturated rings. The van der Waals surface area contributed by atoms with Gasteiger partial charge in [-0.25, -0.2) is 5.43 Å². The van der Waals surface area contributed by atoms with Crippen molar-refractivity contribution in [2.45, 2.75) is 27.2 Å². The fraction of sp³-hybridized carbons (Fsp3) is 0.400. The van der Waals surface area contributed by atoms with Crippen LogP contribution in [0.25, 0.3) is 0 Å². The molecule has 1 aromatic carbocycles. The largest absolute Gasteiger partial charge is 0.465 e. The summed E-state index contributed by atoms with van der Waals surface area (Å²) in [5.74, 6) is -1.08. The standard InChI is InChI=1S/C15H19BrN2O3/c1-4-13(15(20)21-5-2)10(3)17-18-14(19)11-7-6-8-12(16)9-11/h6-9,13H,4-5H2,1-3H3,(H,18,19). The number of esters is 1. The average molecular weight is 355 g/mol.